The van der Waals surface area contributed by atoms with Gasteiger partial charge >= 0.3 is 5.97 Å². The van der Waals surface area contributed by atoms with E-state index in [-0.39, 0.29) is 18.1 Å². The summed E-state index contributed by atoms with van der Waals surface area (Å²) in [6.07, 6.45) is 0.0910. The second kappa shape index (κ2) is 11.6. The first-order chi connectivity index (χ1) is 15.9. The number of carbonyl (C=O) groups excluding carboxylic acids is 1. The van der Waals surface area contributed by atoms with Crippen LogP contribution in [0.25, 0.3) is 0 Å². The molecule has 0 aliphatic rings. The normalized spacial score (nSPS) is 10.5. The fraction of sp³-hybridized carbons (Fsp3) is 0.208. The Balaban J connectivity index is 1.89. The Bertz CT molecular complexity index is 1140. The van der Waals surface area contributed by atoms with Crippen molar-refractivity contribution in [3.63, 3.8) is 0 Å². The third-order valence-electron chi connectivity index (χ3n) is 4.56. The van der Waals surface area contributed by atoms with E-state index in [0.717, 1.165) is 4.90 Å². The summed E-state index contributed by atoms with van der Waals surface area (Å²) in [5.74, 6) is 1.41. The topological polar surface area (TPSA) is 87.9 Å². The van der Waals surface area contributed by atoms with Crippen LogP contribution in [0, 0.1) is 10.1 Å². The van der Waals surface area contributed by atoms with Crippen LogP contribution in [-0.2, 0) is 21.7 Å². The van der Waals surface area contributed by atoms with Gasteiger partial charge in [0, 0.05) is 33.4 Å². The number of non-ortho nitro benzene ring substituents is 1. The zero-order valence-electron chi connectivity index (χ0n) is 18.1. The number of hydrogen-bond donors (Lipinski definition) is 0. The van der Waals surface area contributed by atoms with Gasteiger partial charge in [-0.2, -0.15) is 0 Å². The molecule has 9 heteroatoms. The van der Waals surface area contributed by atoms with Crippen molar-refractivity contribution in [2.45, 2.75) is 24.0 Å². The lowest BCUT2D eigenvalue weighted by atomic mass is 10.1. The second-order valence-corrected chi connectivity index (χ2v) is 8.35. The van der Waals surface area contributed by atoms with E-state index in [2.05, 4.69) is 0 Å². The highest BCUT2D eigenvalue weighted by atomic mass is 35.5. The summed E-state index contributed by atoms with van der Waals surface area (Å²) in [7, 11) is 1.51. The van der Waals surface area contributed by atoms with Crippen LogP contribution in [0.3, 0.4) is 0 Å². The number of hydrogen-bond acceptors (Lipinski definition) is 7. The largest absolute Gasteiger partial charge is 0.493 e. The molecule has 0 N–H and O–H groups in total. The maximum atomic E-state index is 11.9. The molecule has 0 amide bonds. The zero-order valence-corrected chi connectivity index (χ0v) is 19.7. The fourth-order valence-corrected chi connectivity index (χ4v) is 3.99. The highest BCUT2D eigenvalue weighted by Crippen LogP contribution is 2.37. The molecule has 0 heterocycles. The van der Waals surface area contributed by atoms with E-state index in [9.17, 15) is 14.9 Å². The van der Waals surface area contributed by atoms with Gasteiger partial charge in [0.05, 0.1) is 25.1 Å². The summed E-state index contributed by atoms with van der Waals surface area (Å²) in [6, 6.07) is 16.9. The number of halogens is 1. The molecule has 33 heavy (non-hydrogen) atoms. The Labute approximate surface area is 200 Å². The van der Waals surface area contributed by atoms with Crippen molar-refractivity contribution < 1.29 is 23.9 Å². The van der Waals surface area contributed by atoms with Gasteiger partial charge in [-0.05, 0) is 55.0 Å². The number of nitro groups is 1. The molecule has 0 spiro atoms. The molecule has 3 aromatic rings. The first-order valence-corrected chi connectivity index (χ1v) is 11.4. The van der Waals surface area contributed by atoms with Gasteiger partial charge in [0.2, 0.25) is 0 Å². The number of nitro benzene ring substituents is 1. The van der Waals surface area contributed by atoms with Crippen LogP contribution in [0.1, 0.15) is 18.1 Å². The van der Waals surface area contributed by atoms with Gasteiger partial charge in [-0.25, -0.2) is 0 Å². The molecule has 0 aliphatic carbocycles. The SMILES string of the molecule is CCOC(=O)Cc1ccc(OC)c(Oc2ccc([N+](=O)[O-])cc2CSc2ccc(Cl)cc2)c1. The van der Waals surface area contributed by atoms with Crippen molar-refractivity contribution >= 4 is 35.0 Å². The van der Waals surface area contributed by atoms with Crippen molar-refractivity contribution in [3.05, 3.63) is 86.9 Å². The van der Waals surface area contributed by atoms with E-state index in [0.29, 0.717) is 45.8 Å². The monoisotopic (exact) mass is 487 g/mol. The molecular weight excluding hydrogens is 466 g/mol. The number of carbonyl (C=O) groups is 1. The summed E-state index contributed by atoms with van der Waals surface area (Å²) in [5, 5.41) is 11.9. The summed E-state index contributed by atoms with van der Waals surface area (Å²) in [4.78, 5) is 23.7. The van der Waals surface area contributed by atoms with E-state index in [4.69, 9.17) is 25.8 Å². The van der Waals surface area contributed by atoms with Crippen LogP contribution in [0.5, 0.6) is 17.2 Å². The molecule has 0 fully saturated rings. The smallest absolute Gasteiger partial charge is 0.310 e. The highest BCUT2D eigenvalue weighted by Gasteiger charge is 2.16. The molecule has 0 aliphatic heterocycles. The number of nitrogens with zero attached hydrogens (tertiary/aromatic N) is 1. The van der Waals surface area contributed by atoms with Gasteiger partial charge in [0.1, 0.15) is 5.75 Å². The van der Waals surface area contributed by atoms with Crippen LogP contribution in [0.4, 0.5) is 5.69 Å². The first kappa shape index (κ1) is 24.4. The van der Waals surface area contributed by atoms with Crippen LogP contribution >= 0.6 is 23.4 Å². The predicted octanol–water partition coefficient (Wildman–Crippen LogP) is 6.45. The Morgan fingerprint density at radius 1 is 1.03 bits per heavy atom. The maximum Gasteiger partial charge on any atom is 0.310 e. The average Bonchev–Trinajstić information content (AvgIpc) is 2.79. The molecular formula is C24H22ClNO6S. The number of esters is 1. The zero-order chi connectivity index (χ0) is 23.8. The van der Waals surface area contributed by atoms with Crippen molar-refractivity contribution in [1.29, 1.82) is 0 Å². The quantitative estimate of drug-likeness (QED) is 0.140. The van der Waals surface area contributed by atoms with Gasteiger partial charge < -0.3 is 14.2 Å². The first-order valence-electron chi connectivity index (χ1n) is 10.1. The van der Waals surface area contributed by atoms with Gasteiger partial charge in [0.25, 0.3) is 5.69 Å². The predicted molar refractivity (Wildman–Crippen MR) is 128 cm³/mol. The Hall–Kier alpha value is -3.23. The molecule has 7 nitrogen and oxygen atoms in total. The Morgan fingerprint density at radius 2 is 1.76 bits per heavy atom. The maximum absolute atomic E-state index is 11.9. The van der Waals surface area contributed by atoms with Gasteiger partial charge in [-0.3, -0.25) is 14.9 Å². The van der Waals surface area contributed by atoms with Crippen molar-refractivity contribution in [2.24, 2.45) is 0 Å². The van der Waals surface area contributed by atoms with Gasteiger partial charge in [0.15, 0.2) is 11.5 Å². The van der Waals surface area contributed by atoms with Crippen molar-refractivity contribution in [1.82, 2.24) is 0 Å². The number of methoxy groups -OCH3 is 1. The van der Waals surface area contributed by atoms with E-state index in [1.807, 2.05) is 12.1 Å². The number of benzene rings is 3. The number of thioether (sulfide) groups is 1. The molecule has 0 bridgehead atoms. The minimum atomic E-state index is -0.444. The number of rotatable bonds is 10. The highest BCUT2D eigenvalue weighted by molar-refractivity contribution is 7.98. The van der Waals surface area contributed by atoms with Gasteiger partial charge in [-0.1, -0.05) is 17.7 Å². The minimum Gasteiger partial charge on any atom is -0.493 e. The van der Waals surface area contributed by atoms with Crippen LogP contribution < -0.4 is 9.47 Å². The standard InChI is InChI=1S/C24H22ClNO6S/c1-3-31-24(27)13-16-4-10-22(30-2)23(12-16)32-21-11-7-19(26(28)29)14-17(21)15-33-20-8-5-18(25)6-9-20/h4-12,14H,3,13,15H2,1-2H3. The van der Waals surface area contributed by atoms with Crippen LogP contribution in [0.15, 0.2) is 65.6 Å². The molecule has 172 valence electrons. The van der Waals surface area contributed by atoms with Crippen LogP contribution in [-0.4, -0.2) is 24.6 Å². The van der Waals surface area contributed by atoms with Crippen LogP contribution in [0.2, 0.25) is 5.02 Å². The van der Waals surface area contributed by atoms with Gasteiger partial charge in [-0.15, -0.1) is 11.8 Å². The molecule has 3 aromatic carbocycles. The average molecular weight is 488 g/mol. The molecule has 0 saturated heterocycles. The third kappa shape index (κ3) is 6.87. The van der Waals surface area contributed by atoms with E-state index in [1.165, 1.54) is 31.0 Å². The fourth-order valence-electron chi connectivity index (χ4n) is 2.99. The molecule has 0 unspecified atom stereocenters. The molecule has 3 rings (SSSR count). The number of ether oxygens (including phenoxy) is 3. The second-order valence-electron chi connectivity index (χ2n) is 6.86. The Morgan fingerprint density at radius 3 is 2.42 bits per heavy atom. The third-order valence-corrected chi connectivity index (χ3v) is 5.88. The van der Waals surface area contributed by atoms with E-state index >= 15 is 0 Å². The molecule has 0 saturated carbocycles. The lowest BCUT2D eigenvalue weighted by molar-refractivity contribution is -0.384. The van der Waals surface area contributed by atoms with Crippen molar-refractivity contribution in [3.8, 4) is 17.2 Å². The summed E-state index contributed by atoms with van der Waals surface area (Å²) in [6.45, 7) is 2.05. The minimum absolute atomic E-state index is 0.0305. The molecule has 0 radical (unpaired) electrons. The Kier molecular flexibility index (Phi) is 8.57. The molecule has 0 atom stereocenters. The lowest BCUT2D eigenvalue weighted by Crippen LogP contribution is -2.07. The summed E-state index contributed by atoms with van der Waals surface area (Å²) in [5.41, 5.74) is 1.31. The molecule has 0 aromatic heterocycles. The van der Waals surface area contributed by atoms with E-state index < -0.39 is 4.92 Å². The summed E-state index contributed by atoms with van der Waals surface area (Å²) < 4.78 is 16.5. The lowest BCUT2D eigenvalue weighted by Gasteiger charge is -2.15. The van der Waals surface area contributed by atoms with E-state index in [1.54, 1.807) is 43.3 Å². The summed E-state index contributed by atoms with van der Waals surface area (Å²) >= 11 is 7.45. The van der Waals surface area contributed by atoms with Crippen molar-refractivity contribution in [2.75, 3.05) is 13.7 Å².